The third-order valence-electron chi connectivity index (χ3n) is 5.94. The number of rotatable bonds is 1. The number of aliphatic imine (C=N–C) groups is 2. The largest absolute Gasteiger partial charge is 0.508 e. The molecule has 0 radical (unpaired) electrons. The molecule has 1 aliphatic heterocycles. The molecule has 122 valence electrons. The van der Waals surface area contributed by atoms with Crippen LogP contribution in [0.5, 0.6) is 5.75 Å². The minimum atomic E-state index is -0.659. The van der Waals surface area contributed by atoms with E-state index in [2.05, 4.69) is 0 Å². The monoisotopic (exact) mass is 313 g/mol. The van der Waals surface area contributed by atoms with Crippen molar-refractivity contribution < 1.29 is 9.84 Å². The minimum absolute atomic E-state index is 0.0550. The Kier molecular flexibility index (Phi) is 3.07. The lowest BCUT2D eigenvalue weighted by atomic mass is 9.65. The van der Waals surface area contributed by atoms with Crippen LogP contribution < -0.4 is 5.73 Å². The van der Waals surface area contributed by atoms with Crippen LogP contribution in [0.1, 0.15) is 43.7 Å². The Bertz CT molecular complexity index is 697. The molecule has 0 unspecified atom stereocenters. The van der Waals surface area contributed by atoms with Gasteiger partial charge in [0.15, 0.2) is 5.66 Å². The van der Waals surface area contributed by atoms with E-state index in [4.69, 9.17) is 20.5 Å². The van der Waals surface area contributed by atoms with Gasteiger partial charge < -0.3 is 15.6 Å². The third-order valence-corrected chi connectivity index (χ3v) is 5.94. The summed E-state index contributed by atoms with van der Waals surface area (Å²) >= 11 is 0. The van der Waals surface area contributed by atoms with Gasteiger partial charge in [-0.15, -0.1) is 0 Å². The van der Waals surface area contributed by atoms with Crippen molar-refractivity contribution in [1.29, 1.82) is 0 Å². The summed E-state index contributed by atoms with van der Waals surface area (Å²) in [6.45, 7) is 1.92. The number of nitrogens with two attached hydrogens (primary N) is 1. The van der Waals surface area contributed by atoms with E-state index in [0.717, 1.165) is 43.4 Å². The molecule has 0 bridgehead atoms. The number of methoxy groups -OCH3 is 1. The lowest BCUT2D eigenvalue weighted by Crippen LogP contribution is -2.43. The zero-order valence-electron chi connectivity index (χ0n) is 13.7. The summed E-state index contributed by atoms with van der Waals surface area (Å²) in [4.78, 5) is 9.80. The van der Waals surface area contributed by atoms with Crippen molar-refractivity contribution in [1.82, 2.24) is 0 Å². The average Bonchev–Trinajstić information content (AvgIpc) is 2.97. The minimum Gasteiger partial charge on any atom is -0.508 e. The van der Waals surface area contributed by atoms with Crippen LogP contribution >= 0.6 is 0 Å². The molecule has 1 heterocycles. The van der Waals surface area contributed by atoms with Crippen LogP contribution in [0.2, 0.25) is 0 Å². The normalized spacial score (nSPS) is 35.5. The highest BCUT2D eigenvalue weighted by Gasteiger charge is 2.60. The zero-order chi connectivity index (χ0) is 16.2. The molecule has 1 aromatic carbocycles. The Labute approximate surface area is 136 Å². The summed E-state index contributed by atoms with van der Waals surface area (Å²) in [6, 6.07) is 5.59. The molecular weight excluding hydrogens is 290 g/mol. The number of aromatic hydroxyl groups is 1. The number of ether oxygens (including phenoxy) is 1. The zero-order valence-corrected chi connectivity index (χ0v) is 13.7. The Balaban J connectivity index is 1.86. The molecule has 0 amide bonds. The molecule has 2 aliphatic carbocycles. The van der Waals surface area contributed by atoms with Gasteiger partial charge in [0.25, 0.3) is 0 Å². The molecule has 0 aromatic heterocycles. The Morgan fingerprint density at radius 2 is 2.00 bits per heavy atom. The average molecular weight is 313 g/mol. The van der Waals surface area contributed by atoms with Gasteiger partial charge in [-0.2, -0.15) is 0 Å². The van der Waals surface area contributed by atoms with Gasteiger partial charge in [0, 0.05) is 18.1 Å². The molecule has 3 N–H and O–H groups in total. The smallest absolute Gasteiger partial charge is 0.184 e. The van der Waals surface area contributed by atoms with Crippen LogP contribution in [0.3, 0.4) is 0 Å². The second-order valence-electron chi connectivity index (χ2n) is 7.10. The van der Waals surface area contributed by atoms with Crippen molar-refractivity contribution in [2.75, 3.05) is 7.11 Å². The fourth-order valence-electron chi connectivity index (χ4n) is 4.66. The lowest BCUT2D eigenvalue weighted by Gasteiger charge is -2.44. The van der Waals surface area contributed by atoms with Gasteiger partial charge in [0.1, 0.15) is 11.6 Å². The maximum Gasteiger partial charge on any atom is 0.184 e. The maximum absolute atomic E-state index is 9.99. The molecule has 0 saturated heterocycles. The number of phenols is 1. The van der Waals surface area contributed by atoms with Crippen LogP contribution in [0.25, 0.3) is 0 Å². The van der Waals surface area contributed by atoms with Crippen LogP contribution in [0, 0.1) is 5.41 Å². The van der Waals surface area contributed by atoms with E-state index in [1.54, 1.807) is 13.2 Å². The van der Waals surface area contributed by atoms with Gasteiger partial charge in [-0.25, -0.2) is 4.99 Å². The number of nitrogens with zero attached hydrogens (tertiary/aromatic N) is 2. The Morgan fingerprint density at radius 3 is 2.61 bits per heavy atom. The molecule has 1 saturated carbocycles. The van der Waals surface area contributed by atoms with Crippen molar-refractivity contribution in [2.24, 2.45) is 21.1 Å². The molecule has 5 heteroatoms. The third kappa shape index (κ3) is 1.89. The summed E-state index contributed by atoms with van der Waals surface area (Å²) in [7, 11) is 1.79. The van der Waals surface area contributed by atoms with Crippen LogP contribution in [-0.4, -0.2) is 29.9 Å². The van der Waals surface area contributed by atoms with E-state index in [1.165, 1.54) is 5.56 Å². The summed E-state index contributed by atoms with van der Waals surface area (Å²) in [5, 5.41) is 9.99. The summed E-state index contributed by atoms with van der Waals surface area (Å²) in [6.07, 6.45) is 5.31. The first-order chi connectivity index (χ1) is 11.0. The predicted octanol–water partition coefficient (Wildman–Crippen LogP) is 2.51. The highest BCUT2D eigenvalue weighted by molar-refractivity contribution is 6.41. The maximum atomic E-state index is 9.99. The van der Waals surface area contributed by atoms with Gasteiger partial charge in [0.2, 0.25) is 0 Å². The molecule has 5 nitrogen and oxygen atoms in total. The van der Waals surface area contributed by atoms with Crippen molar-refractivity contribution in [2.45, 2.75) is 50.8 Å². The Morgan fingerprint density at radius 1 is 1.26 bits per heavy atom. The van der Waals surface area contributed by atoms with Gasteiger partial charge in [-0.05, 0) is 56.7 Å². The van der Waals surface area contributed by atoms with E-state index in [-0.39, 0.29) is 11.2 Å². The standard InChI is InChI=1S/C18H23N3O2/c1-11-16(19)21-18(20-11)15-9-13(22)4-3-12(15)10-17(18)7-5-14(23-2)6-8-17/h3-4,9,14,22H,5-8,10H2,1-2H3,(H2,19,21)/t14-,17-,18-/m0/s1. The van der Waals surface area contributed by atoms with Gasteiger partial charge in [-0.3, -0.25) is 4.99 Å². The van der Waals surface area contributed by atoms with Crippen LogP contribution in [-0.2, 0) is 16.8 Å². The topological polar surface area (TPSA) is 80.2 Å². The first kappa shape index (κ1) is 14.7. The van der Waals surface area contributed by atoms with E-state index in [9.17, 15) is 5.11 Å². The molecule has 1 atom stereocenters. The Hall–Kier alpha value is -1.88. The van der Waals surface area contributed by atoms with Crippen LogP contribution in [0.15, 0.2) is 28.2 Å². The van der Waals surface area contributed by atoms with Crippen molar-refractivity contribution in [3.8, 4) is 5.75 Å². The molecule has 2 spiro atoms. The lowest BCUT2D eigenvalue weighted by molar-refractivity contribution is -0.000397. The highest BCUT2D eigenvalue weighted by atomic mass is 16.5. The number of phenolic OH excluding ortho intramolecular Hbond substituents is 1. The molecule has 4 rings (SSSR count). The molecule has 1 fully saturated rings. The fraction of sp³-hybridized carbons (Fsp3) is 0.556. The van der Waals surface area contributed by atoms with Gasteiger partial charge in [-0.1, -0.05) is 6.07 Å². The van der Waals surface area contributed by atoms with Gasteiger partial charge in [0.05, 0.1) is 11.8 Å². The first-order valence-electron chi connectivity index (χ1n) is 8.27. The van der Waals surface area contributed by atoms with E-state index in [0.29, 0.717) is 11.9 Å². The molecule has 3 aliphatic rings. The molecule has 23 heavy (non-hydrogen) atoms. The number of fused-ring (bicyclic) bond motifs is 3. The number of hydrogen-bond donors (Lipinski definition) is 2. The molecular formula is C18H23N3O2. The van der Waals surface area contributed by atoms with Crippen molar-refractivity contribution in [3.05, 3.63) is 29.3 Å². The molecule has 1 aromatic rings. The number of benzene rings is 1. The highest BCUT2D eigenvalue weighted by Crippen LogP contribution is 2.62. The summed E-state index contributed by atoms with van der Waals surface area (Å²) < 4.78 is 5.55. The number of amidine groups is 1. The second kappa shape index (κ2) is 4.81. The predicted molar refractivity (Wildman–Crippen MR) is 89.9 cm³/mol. The van der Waals surface area contributed by atoms with E-state index < -0.39 is 5.66 Å². The quantitative estimate of drug-likeness (QED) is 0.836. The second-order valence-corrected chi connectivity index (χ2v) is 7.10. The van der Waals surface area contributed by atoms with Crippen LogP contribution in [0.4, 0.5) is 0 Å². The van der Waals surface area contributed by atoms with Crippen molar-refractivity contribution in [3.63, 3.8) is 0 Å². The fourth-order valence-corrected chi connectivity index (χ4v) is 4.66. The first-order valence-corrected chi connectivity index (χ1v) is 8.27. The summed E-state index contributed by atoms with van der Waals surface area (Å²) in [5.41, 5.74) is 8.44. The summed E-state index contributed by atoms with van der Waals surface area (Å²) in [5.74, 6) is 0.786. The van der Waals surface area contributed by atoms with Gasteiger partial charge >= 0.3 is 0 Å². The van der Waals surface area contributed by atoms with Crippen molar-refractivity contribution >= 4 is 11.5 Å². The van der Waals surface area contributed by atoms with E-state index in [1.807, 2.05) is 19.1 Å². The SMILES string of the molecule is CO[C@H]1CC[C@]2(CC1)Cc1ccc(O)cc1[C@@]21N=C(C)C(N)=N1. The number of hydrogen-bond acceptors (Lipinski definition) is 5. The van der Waals surface area contributed by atoms with E-state index >= 15 is 0 Å².